The minimum absolute atomic E-state index is 0. The van der Waals surface area contributed by atoms with Gasteiger partial charge in [-0.05, 0) is 97.0 Å². The van der Waals surface area contributed by atoms with Crippen LogP contribution in [0.5, 0.6) is 5.75 Å². The van der Waals surface area contributed by atoms with Crippen molar-refractivity contribution in [2.45, 2.75) is 97.9 Å². The Morgan fingerprint density at radius 3 is 1.90 bits per heavy atom. The first-order chi connectivity index (χ1) is 39.6. The van der Waals surface area contributed by atoms with Crippen molar-refractivity contribution in [2.24, 2.45) is 0 Å². The first-order valence-corrected chi connectivity index (χ1v) is 22.0. The van der Waals surface area contributed by atoms with Crippen molar-refractivity contribution in [3.05, 3.63) is 192 Å². The van der Waals surface area contributed by atoms with Crippen molar-refractivity contribution < 1.29 is 52.2 Å². The summed E-state index contributed by atoms with van der Waals surface area (Å²) >= 11 is 0. The minimum Gasteiger partial charge on any atom is -0.507 e. The van der Waals surface area contributed by atoms with Crippen LogP contribution in [0.25, 0.3) is 83.9 Å². The fraction of sp³-hybridized carbons (Fsp3) is 0.238. The first-order valence-electron chi connectivity index (χ1n) is 31.5. The van der Waals surface area contributed by atoms with Crippen LogP contribution in [-0.4, -0.2) is 19.6 Å². The molecule has 7 aromatic carbocycles. The molecule has 1 N–H and O–H groups in total. The van der Waals surface area contributed by atoms with Gasteiger partial charge in [-0.15, -0.1) is 23.8 Å². The van der Waals surface area contributed by atoms with Crippen molar-refractivity contribution >= 4 is 11.0 Å². The molecule has 9 aromatic rings. The van der Waals surface area contributed by atoms with Crippen LogP contribution in [0.15, 0.2) is 164 Å². The SMILES string of the molecule is [2H]C(C)(C)c1ccc(-c2ccnc(-c3[c-]c(-c4cccc5c4nc(-c4cc(C(C([2H])([2H])[2H])(C([2H])([2H])[2H])C([2H])([2H])[2H])cc(C(C([2H])([2H])[2H])(C([2H])([2H])[2H])C([2H])([2H])[2H])c4O)n5-c4ccc(-c5ccccc5)c(C(C)(C)C)c4)cc(-c4ccccc4)c3)c2)cc1.[Pt]. The van der Waals surface area contributed by atoms with Crippen LogP contribution in [0, 0.1) is 6.07 Å². The molecule has 5 heteroatoms. The number of imidazole rings is 1. The molecule has 0 spiro atoms. The fourth-order valence-corrected chi connectivity index (χ4v) is 8.63. The molecule has 9 rings (SSSR count). The van der Waals surface area contributed by atoms with Crippen LogP contribution in [0.1, 0.15) is 130 Å². The van der Waals surface area contributed by atoms with Crippen LogP contribution < -0.4 is 0 Å². The van der Waals surface area contributed by atoms with E-state index >= 15 is 0 Å². The molecule has 2 aromatic heterocycles. The zero-order valence-electron chi connectivity index (χ0n) is 57.2. The molecule has 0 saturated heterocycles. The molecule has 0 saturated carbocycles. The largest absolute Gasteiger partial charge is 0.507 e. The third-order valence-electron chi connectivity index (χ3n) is 12.1. The second-order valence-electron chi connectivity index (χ2n) is 18.3. The maximum Gasteiger partial charge on any atom is 0.148 e. The van der Waals surface area contributed by atoms with E-state index in [9.17, 15) is 5.11 Å². The number of aromatic hydroxyl groups is 1. The van der Waals surface area contributed by atoms with Crippen LogP contribution in [0.3, 0.4) is 0 Å². The number of hydrogen-bond acceptors (Lipinski definition) is 3. The zero-order valence-corrected chi connectivity index (χ0v) is 40.5. The van der Waals surface area contributed by atoms with E-state index in [1.807, 2.05) is 156 Å². The Kier molecular flexibility index (Phi) is 8.08. The van der Waals surface area contributed by atoms with Crippen LogP contribution in [0.4, 0.5) is 0 Å². The molecular weight excluding hydrogens is 1010 g/mol. The number of fused-ring (bicyclic) bond motifs is 1. The Hall–Kier alpha value is -6.35. The molecule has 2 heterocycles. The Labute approximate surface area is 445 Å². The average molecular weight is 1090 g/mol. The zero-order chi connectivity index (χ0) is 63.3. The number of para-hydroxylation sites is 1. The monoisotopic (exact) mass is 1090 g/mol. The van der Waals surface area contributed by atoms with E-state index in [2.05, 4.69) is 6.07 Å². The summed E-state index contributed by atoms with van der Waals surface area (Å²) in [6.07, 6.45) is 1.67. The van der Waals surface area contributed by atoms with Crippen molar-refractivity contribution in [2.75, 3.05) is 0 Å². The van der Waals surface area contributed by atoms with Gasteiger partial charge in [0.2, 0.25) is 0 Å². The van der Waals surface area contributed by atoms with Gasteiger partial charge in [0.15, 0.2) is 0 Å². The summed E-state index contributed by atoms with van der Waals surface area (Å²) in [4.78, 5) is 9.98. The number of pyridine rings is 1. The topological polar surface area (TPSA) is 50.9 Å². The predicted molar refractivity (Wildman–Crippen MR) is 282 cm³/mol. The maximum absolute atomic E-state index is 13.1. The molecule has 0 aliphatic rings. The quantitative estimate of drug-likeness (QED) is 0.154. The van der Waals surface area contributed by atoms with Crippen LogP contribution >= 0.6 is 0 Å². The molecule has 0 fully saturated rings. The summed E-state index contributed by atoms with van der Waals surface area (Å²) in [5.74, 6) is -2.62. The summed E-state index contributed by atoms with van der Waals surface area (Å²) in [5.41, 5.74) is -3.30. The van der Waals surface area contributed by atoms with Gasteiger partial charge in [-0.25, -0.2) is 4.98 Å². The van der Waals surface area contributed by atoms with Gasteiger partial charge >= 0.3 is 0 Å². The van der Waals surface area contributed by atoms with E-state index in [4.69, 9.17) is 36.0 Å². The summed E-state index contributed by atoms with van der Waals surface area (Å²) in [6, 6.07) is 49.3. The summed E-state index contributed by atoms with van der Waals surface area (Å²) in [6.45, 7) is -15.0. The standard InChI is InChI=1S/C63H62N3O.Pt/c1-40(2)41-25-27-43(28-26-41)45-31-32-64-56(36-45)48-34-46(42-19-14-12-15-20-42)33-47(35-48)52-23-18-24-57-58(52)65-60(53-37-49(61(3,4)5)38-55(59(53)67)63(9,10)11)66(57)50-29-30-51(44-21-16-13-17-22-44)54(39-50)62(6,7)8;/h12-34,36-40,67H,1-11H3;/q-1;/i3D3,4D3,5D3,9D3,10D3,11D3,40D;. The van der Waals surface area contributed by atoms with Crippen LogP contribution in [-0.2, 0) is 37.3 Å². The van der Waals surface area contributed by atoms with E-state index in [-0.39, 0.29) is 32.1 Å². The molecule has 346 valence electrons. The van der Waals surface area contributed by atoms with E-state index < -0.39 is 91.5 Å². The number of benzene rings is 7. The van der Waals surface area contributed by atoms with Crippen molar-refractivity contribution in [3.8, 4) is 78.6 Å². The number of phenols is 1. The summed E-state index contributed by atoms with van der Waals surface area (Å²) in [7, 11) is 0. The van der Waals surface area contributed by atoms with Crippen molar-refractivity contribution in [1.82, 2.24) is 14.5 Å². The van der Waals surface area contributed by atoms with Gasteiger partial charge in [0.1, 0.15) is 11.6 Å². The average Bonchev–Trinajstić information content (AvgIpc) is 1.11. The fourth-order valence-electron chi connectivity index (χ4n) is 8.63. The van der Waals surface area contributed by atoms with Crippen molar-refractivity contribution in [1.29, 1.82) is 0 Å². The van der Waals surface area contributed by atoms with E-state index in [1.54, 1.807) is 30.5 Å². The predicted octanol–water partition coefficient (Wildman–Crippen LogP) is 16.9. The van der Waals surface area contributed by atoms with E-state index in [1.165, 1.54) is 4.57 Å². The van der Waals surface area contributed by atoms with Gasteiger partial charge in [0.25, 0.3) is 0 Å². The molecule has 68 heavy (non-hydrogen) atoms. The van der Waals surface area contributed by atoms with Gasteiger partial charge in [-0.2, -0.15) is 0 Å². The molecular formula is C63H62N3OPt-. The van der Waals surface area contributed by atoms with E-state index in [0.29, 0.717) is 45.8 Å². The second-order valence-corrected chi connectivity index (χ2v) is 18.3. The summed E-state index contributed by atoms with van der Waals surface area (Å²) in [5, 5.41) is 13.1. The van der Waals surface area contributed by atoms with E-state index in [0.717, 1.165) is 38.9 Å². The molecule has 0 radical (unpaired) electrons. The van der Waals surface area contributed by atoms with Crippen LogP contribution in [0.2, 0.25) is 0 Å². The first kappa shape index (κ1) is 29.5. The summed E-state index contributed by atoms with van der Waals surface area (Å²) < 4.78 is 168. The number of rotatable bonds is 8. The smallest absolute Gasteiger partial charge is 0.148 e. The van der Waals surface area contributed by atoms with Gasteiger partial charge < -0.3 is 5.11 Å². The Balaban J connectivity index is 0.00000982. The Bertz CT molecular complexity index is 3930. The molecule has 0 unspecified atom stereocenters. The number of aromatic nitrogens is 3. The number of nitrogens with zero attached hydrogens (tertiary/aromatic N) is 3. The minimum atomic E-state index is -4.15. The number of phenolic OH excluding ortho intramolecular Hbond substituents is 1. The van der Waals surface area contributed by atoms with Gasteiger partial charge in [0, 0.05) is 70.3 Å². The molecule has 0 atom stereocenters. The molecule has 0 aliphatic carbocycles. The Morgan fingerprint density at radius 1 is 0.574 bits per heavy atom. The number of hydrogen-bond donors (Lipinski definition) is 1. The third kappa shape index (κ3) is 9.54. The van der Waals surface area contributed by atoms with Gasteiger partial charge in [0.05, 0.1) is 16.6 Å². The van der Waals surface area contributed by atoms with Crippen molar-refractivity contribution in [3.63, 3.8) is 0 Å². The Morgan fingerprint density at radius 2 is 1.24 bits per heavy atom. The molecule has 0 bridgehead atoms. The maximum atomic E-state index is 13.1. The normalized spacial score (nSPS) is 17.5. The second kappa shape index (κ2) is 18.6. The van der Waals surface area contributed by atoms with Gasteiger partial charge in [-0.3, -0.25) is 9.55 Å². The third-order valence-corrected chi connectivity index (χ3v) is 12.1. The van der Waals surface area contributed by atoms with Gasteiger partial charge in [-0.1, -0.05) is 208 Å². The molecule has 0 amide bonds. The molecule has 4 nitrogen and oxygen atoms in total. The molecule has 0 aliphatic heterocycles.